The van der Waals surface area contributed by atoms with Crippen LogP contribution in [0.25, 0.3) is 0 Å². The number of primary amides is 1. The van der Waals surface area contributed by atoms with E-state index in [0.717, 1.165) is 44.2 Å². The van der Waals surface area contributed by atoms with Crippen LogP contribution in [0.5, 0.6) is 0 Å². The summed E-state index contributed by atoms with van der Waals surface area (Å²) in [6.07, 6.45) is 6.45. The number of hydrogen-bond donors (Lipinski definition) is 2. The van der Waals surface area contributed by atoms with Crippen LogP contribution in [0, 0.1) is 0 Å². The number of carbonyl (C=O) groups is 2. The minimum absolute atomic E-state index is 0.103. The van der Waals surface area contributed by atoms with Crippen molar-refractivity contribution in [2.45, 2.75) is 38.5 Å². The summed E-state index contributed by atoms with van der Waals surface area (Å²) in [5.41, 5.74) is 11.8. The number of nitrogens with one attached hydrogen (secondary N) is 1. The van der Waals surface area contributed by atoms with Crippen molar-refractivity contribution in [3.8, 4) is 0 Å². The highest BCUT2D eigenvalue weighted by molar-refractivity contribution is 6.05. The largest absolute Gasteiger partial charge is 0.364 e. The highest BCUT2D eigenvalue weighted by Crippen LogP contribution is 2.38. The first-order valence-corrected chi connectivity index (χ1v) is 8.38. The molecular weight excluding hydrogens is 302 g/mol. The first-order valence-electron chi connectivity index (χ1n) is 8.38. The molecule has 0 fully saturated rings. The molecule has 1 aromatic heterocycles. The van der Waals surface area contributed by atoms with Gasteiger partial charge in [0.1, 0.15) is 11.4 Å². The number of nitrogens with two attached hydrogens (primary N) is 1. The average Bonchev–Trinajstić information content (AvgIpc) is 3.23. The molecule has 0 atom stereocenters. The molecular formula is C19H19N3O2. The van der Waals surface area contributed by atoms with Gasteiger partial charge in [0.15, 0.2) is 0 Å². The second kappa shape index (κ2) is 5.74. The summed E-state index contributed by atoms with van der Waals surface area (Å²) in [4.78, 5) is 28.0. The monoisotopic (exact) mass is 321 g/mol. The van der Waals surface area contributed by atoms with Gasteiger partial charge in [0.2, 0.25) is 0 Å². The first kappa shape index (κ1) is 14.9. The van der Waals surface area contributed by atoms with E-state index in [9.17, 15) is 9.59 Å². The van der Waals surface area contributed by atoms with Gasteiger partial charge in [-0.05, 0) is 72.9 Å². The van der Waals surface area contributed by atoms with Gasteiger partial charge in [-0.3, -0.25) is 9.59 Å². The third-order valence-corrected chi connectivity index (χ3v) is 4.95. The summed E-state index contributed by atoms with van der Waals surface area (Å²) in [7, 11) is 0. The molecule has 1 heterocycles. The zero-order chi connectivity index (χ0) is 16.7. The summed E-state index contributed by atoms with van der Waals surface area (Å²) >= 11 is 0. The van der Waals surface area contributed by atoms with E-state index in [1.165, 1.54) is 28.3 Å². The second-order valence-corrected chi connectivity index (χ2v) is 6.46. The van der Waals surface area contributed by atoms with Crippen molar-refractivity contribution in [2.24, 2.45) is 5.73 Å². The van der Waals surface area contributed by atoms with Crippen molar-refractivity contribution < 1.29 is 9.59 Å². The number of amides is 2. The van der Waals surface area contributed by atoms with E-state index in [-0.39, 0.29) is 17.3 Å². The molecule has 0 saturated heterocycles. The van der Waals surface area contributed by atoms with E-state index in [2.05, 4.69) is 16.4 Å². The Morgan fingerprint density at radius 1 is 0.958 bits per heavy atom. The van der Waals surface area contributed by atoms with E-state index in [1.807, 2.05) is 0 Å². The van der Waals surface area contributed by atoms with Gasteiger partial charge in [-0.2, -0.15) is 0 Å². The number of anilines is 1. The van der Waals surface area contributed by atoms with Crippen molar-refractivity contribution >= 4 is 17.5 Å². The summed E-state index contributed by atoms with van der Waals surface area (Å²) < 4.78 is 0. The van der Waals surface area contributed by atoms with Crippen LogP contribution in [0.2, 0.25) is 0 Å². The molecule has 24 heavy (non-hydrogen) atoms. The number of aryl methyl sites for hydroxylation is 2. The molecule has 2 amide bonds. The molecule has 2 aliphatic rings. The maximum atomic E-state index is 12.7. The first-order chi connectivity index (χ1) is 11.6. The topological polar surface area (TPSA) is 85.1 Å². The number of carbonyl (C=O) groups excluding carboxylic acids is 2. The van der Waals surface area contributed by atoms with Crippen LogP contribution in [0.15, 0.2) is 24.3 Å². The SMILES string of the molecule is NC(=O)c1cccc(C(=O)Nc2c3c(cc4c2CCC4)CCC3)n1. The number of pyridine rings is 1. The Bertz CT molecular complexity index is 826. The molecule has 0 aliphatic heterocycles. The van der Waals surface area contributed by atoms with Crippen LogP contribution < -0.4 is 11.1 Å². The smallest absolute Gasteiger partial charge is 0.274 e. The zero-order valence-corrected chi connectivity index (χ0v) is 13.4. The highest BCUT2D eigenvalue weighted by Gasteiger charge is 2.25. The minimum Gasteiger partial charge on any atom is -0.364 e. The summed E-state index contributed by atoms with van der Waals surface area (Å²) in [5, 5.41) is 3.07. The molecule has 0 radical (unpaired) electrons. The maximum Gasteiger partial charge on any atom is 0.274 e. The third-order valence-electron chi connectivity index (χ3n) is 4.95. The van der Waals surface area contributed by atoms with Gasteiger partial charge in [0, 0.05) is 5.69 Å². The number of benzene rings is 1. The number of nitrogens with zero attached hydrogens (tertiary/aromatic N) is 1. The Labute approximate surface area is 140 Å². The van der Waals surface area contributed by atoms with Crippen LogP contribution in [0.1, 0.15) is 56.1 Å². The minimum atomic E-state index is -0.633. The van der Waals surface area contributed by atoms with Gasteiger partial charge in [0.05, 0.1) is 0 Å². The lowest BCUT2D eigenvalue weighted by Crippen LogP contribution is -2.19. The average molecular weight is 321 g/mol. The fraction of sp³-hybridized carbons (Fsp3) is 0.316. The third kappa shape index (κ3) is 2.46. The molecule has 0 unspecified atom stereocenters. The Hall–Kier alpha value is -2.69. The van der Waals surface area contributed by atoms with E-state index in [4.69, 9.17) is 5.73 Å². The van der Waals surface area contributed by atoms with Gasteiger partial charge in [-0.1, -0.05) is 12.1 Å². The van der Waals surface area contributed by atoms with Gasteiger partial charge in [0.25, 0.3) is 11.8 Å². The van der Waals surface area contributed by atoms with E-state index in [0.29, 0.717) is 0 Å². The molecule has 122 valence electrons. The summed E-state index contributed by atoms with van der Waals surface area (Å²) in [6, 6.07) is 7.07. The van der Waals surface area contributed by atoms with Gasteiger partial charge in [-0.15, -0.1) is 0 Å². The van der Waals surface area contributed by atoms with Crippen molar-refractivity contribution in [2.75, 3.05) is 5.32 Å². The van der Waals surface area contributed by atoms with E-state index < -0.39 is 5.91 Å². The summed E-state index contributed by atoms with van der Waals surface area (Å²) in [6.45, 7) is 0. The standard InChI is InChI=1S/C19H19N3O2/c20-18(23)15-8-3-9-16(21-15)19(24)22-17-13-6-1-4-11(13)10-12-5-2-7-14(12)17/h3,8-10H,1-2,4-7H2,(H2,20,23)(H,22,24). The fourth-order valence-electron chi connectivity index (χ4n) is 3.84. The van der Waals surface area contributed by atoms with Gasteiger partial charge >= 0.3 is 0 Å². The lowest BCUT2D eigenvalue weighted by atomic mass is 9.98. The molecule has 0 spiro atoms. The van der Waals surface area contributed by atoms with Crippen LogP contribution in [0.3, 0.4) is 0 Å². The molecule has 5 nitrogen and oxygen atoms in total. The molecule has 5 heteroatoms. The lowest BCUT2D eigenvalue weighted by Gasteiger charge is -2.16. The van der Waals surface area contributed by atoms with Gasteiger partial charge < -0.3 is 11.1 Å². The predicted molar refractivity (Wildman–Crippen MR) is 91.2 cm³/mol. The van der Waals surface area contributed by atoms with Gasteiger partial charge in [-0.25, -0.2) is 4.98 Å². The van der Waals surface area contributed by atoms with Crippen LogP contribution >= 0.6 is 0 Å². The Morgan fingerprint density at radius 2 is 1.58 bits per heavy atom. The fourth-order valence-corrected chi connectivity index (χ4v) is 3.84. The van der Waals surface area contributed by atoms with E-state index in [1.54, 1.807) is 12.1 Å². The Morgan fingerprint density at radius 3 is 2.21 bits per heavy atom. The van der Waals surface area contributed by atoms with Crippen molar-refractivity contribution in [1.82, 2.24) is 4.98 Å². The van der Waals surface area contributed by atoms with Crippen molar-refractivity contribution in [3.63, 3.8) is 0 Å². The quantitative estimate of drug-likeness (QED) is 0.910. The number of rotatable bonds is 3. The van der Waals surface area contributed by atoms with Crippen molar-refractivity contribution in [1.29, 1.82) is 0 Å². The lowest BCUT2D eigenvalue weighted by molar-refractivity contribution is 0.0995. The zero-order valence-electron chi connectivity index (χ0n) is 13.4. The van der Waals surface area contributed by atoms with Crippen LogP contribution in [-0.4, -0.2) is 16.8 Å². The molecule has 2 aromatic rings. The number of hydrogen-bond acceptors (Lipinski definition) is 3. The maximum absolute atomic E-state index is 12.7. The molecule has 3 N–H and O–H groups in total. The molecule has 4 rings (SSSR count). The van der Waals surface area contributed by atoms with E-state index >= 15 is 0 Å². The molecule has 0 saturated carbocycles. The number of fused-ring (bicyclic) bond motifs is 2. The Balaban J connectivity index is 1.70. The summed E-state index contributed by atoms with van der Waals surface area (Å²) in [5.74, 6) is -0.918. The normalized spacial score (nSPS) is 15.0. The number of aromatic nitrogens is 1. The van der Waals surface area contributed by atoms with Crippen LogP contribution in [0.4, 0.5) is 5.69 Å². The highest BCUT2D eigenvalue weighted by atomic mass is 16.2. The molecule has 1 aromatic carbocycles. The Kier molecular flexibility index (Phi) is 3.56. The van der Waals surface area contributed by atoms with Crippen LogP contribution in [-0.2, 0) is 25.7 Å². The second-order valence-electron chi connectivity index (χ2n) is 6.46. The molecule has 0 bridgehead atoms. The molecule has 2 aliphatic carbocycles. The predicted octanol–water partition coefficient (Wildman–Crippen LogP) is 2.41. The van der Waals surface area contributed by atoms with Crippen molar-refractivity contribution in [3.05, 3.63) is 57.9 Å².